The molecule has 0 radical (unpaired) electrons. The van der Waals surface area contributed by atoms with Crippen molar-refractivity contribution >= 4 is 28.9 Å². The quantitative estimate of drug-likeness (QED) is 0.318. The minimum Gasteiger partial charge on any atom is -0.406 e. The molecule has 2 N–H and O–H groups in total. The Morgan fingerprint density at radius 3 is 2.35 bits per heavy atom. The van der Waals surface area contributed by atoms with Crippen LogP contribution in [0.4, 0.5) is 30.2 Å². The van der Waals surface area contributed by atoms with Gasteiger partial charge in [-0.05, 0) is 73.0 Å². The molecule has 2 aliphatic heterocycles. The zero-order valence-corrected chi connectivity index (χ0v) is 22.7. The number of hydrogen-bond donors (Lipinski definition) is 2. The van der Waals surface area contributed by atoms with E-state index in [9.17, 15) is 27.6 Å². The number of pyridine rings is 2. The molecule has 43 heavy (non-hydrogen) atoms. The van der Waals surface area contributed by atoms with Crippen LogP contribution >= 0.6 is 0 Å². The monoisotopic (exact) mass is 589 g/mol. The van der Waals surface area contributed by atoms with E-state index in [2.05, 4.69) is 25.3 Å². The number of aromatic nitrogens is 2. The van der Waals surface area contributed by atoms with Crippen LogP contribution in [0, 0.1) is 5.92 Å². The van der Waals surface area contributed by atoms with Crippen molar-refractivity contribution in [2.45, 2.75) is 25.2 Å². The maximum Gasteiger partial charge on any atom is 0.573 e. The van der Waals surface area contributed by atoms with Crippen molar-refractivity contribution in [1.29, 1.82) is 0 Å². The number of carbonyl (C=O) groups excluding carboxylic acids is 2. The summed E-state index contributed by atoms with van der Waals surface area (Å²) in [6.07, 6.45) is -0.852. The first-order chi connectivity index (χ1) is 20.6. The summed E-state index contributed by atoms with van der Waals surface area (Å²) in [5.74, 6) is -0.954. The van der Waals surface area contributed by atoms with Crippen LogP contribution in [-0.4, -0.2) is 40.8 Å². The molecule has 220 valence electrons. The molecule has 2 atom stereocenters. The number of nitrogens with one attached hydrogen (secondary N) is 2. The lowest BCUT2D eigenvalue weighted by atomic mass is 9.83. The molecule has 0 aliphatic carbocycles. The summed E-state index contributed by atoms with van der Waals surface area (Å²) in [4.78, 5) is 44.9. The number of hydrogen-bond acceptors (Lipinski definition) is 6. The molecule has 2 aliphatic rings. The second-order valence-corrected chi connectivity index (χ2v) is 10.6. The second-order valence-electron chi connectivity index (χ2n) is 10.6. The Labute approximate surface area is 243 Å². The topological polar surface area (TPSA) is 106 Å². The molecule has 2 aromatic carbocycles. The van der Waals surface area contributed by atoms with E-state index in [1.165, 1.54) is 24.5 Å². The van der Waals surface area contributed by atoms with Crippen molar-refractivity contribution in [3.63, 3.8) is 0 Å². The number of rotatable bonds is 6. The van der Waals surface area contributed by atoms with Gasteiger partial charge in [0.15, 0.2) is 0 Å². The smallest absolute Gasteiger partial charge is 0.406 e. The molecular formula is C31H26F3N5O4. The van der Waals surface area contributed by atoms with Gasteiger partial charge in [-0.1, -0.05) is 6.07 Å². The van der Waals surface area contributed by atoms with Crippen molar-refractivity contribution < 1.29 is 27.5 Å². The lowest BCUT2D eigenvalue weighted by Crippen LogP contribution is -2.47. The molecule has 2 amide bonds. The minimum atomic E-state index is -4.82. The fourth-order valence-corrected chi connectivity index (χ4v) is 5.79. The van der Waals surface area contributed by atoms with Gasteiger partial charge in [-0.25, -0.2) is 0 Å². The third kappa shape index (κ3) is 6.22. The molecule has 1 saturated heterocycles. The highest BCUT2D eigenvalue weighted by molar-refractivity contribution is 6.09. The Morgan fingerprint density at radius 2 is 1.60 bits per heavy atom. The standard InChI is InChI=1S/C31H26F3N5O4/c32-31(33,34)43-24-7-5-23(6-8-24)36-30(42)21-4-9-27(25(15-21)37-29(41)20-10-12-35-13-11-20)38-16-19-14-22(18-38)26-2-1-3-28(40)39(26)17-19/h1-13,15,19,22H,14,16-18H2,(H,36,42)(H,37,41)/t19-,22+/m1/s1. The van der Waals surface area contributed by atoms with Gasteiger partial charge < -0.3 is 24.8 Å². The van der Waals surface area contributed by atoms with Crippen LogP contribution in [0.15, 0.2) is 90.0 Å². The van der Waals surface area contributed by atoms with E-state index in [0.29, 0.717) is 30.9 Å². The van der Waals surface area contributed by atoms with Gasteiger partial charge in [0.05, 0.1) is 11.4 Å². The van der Waals surface area contributed by atoms with Gasteiger partial charge in [-0.3, -0.25) is 19.4 Å². The zero-order chi connectivity index (χ0) is 30.1. The molecule has 12 heteroatoms. The van der Waals surface area contributed by atoms with E-state index in [-0.39, 0.29) is 34.6 Å². The van der Waals surface area contributed by atoms with Gasteiger partial charge in [0.2, 0.25) is 0 Å². The number of benzene rings is 2. The number of halogens is 3. The number of alkyl halides is 3. The fraction of sp³-hybridized carbons (Fsp3) is 0.226. The number of fused-ring (bicyclic) bond motifs is 4. The highest BCUT2D eigenvalue weighted by atomic mass is 19.4. The highest BCUT2D eigenvalue weighted by Gasteiger charge is 2.35. The zero-order valence-electron chi connectivity index (χ0n) is 22.7. The summed E-state index contributed by atoms with van der Waals surface area (Å²) in [6.45, 7) is 1.89. The molecule has 0 unspecified atom stereocenters. The Bertz CT molecular complexity index is 1720. The summed E-state index contributed by atoms with van der Waals surface area (Å²) in [7, 11) is 0. The number of carbonyl (C=O) groups is 2. The number of ether oxygens (including phenoxy) is 1. The van der Waals surface area contributed by atoms with Crippen LogP contribution < -0.4 is 25.8 Å². The Morgan fingerprint density at radius 1 is 0.860 bits per heavy atom. The lowest BCUT2D eigenvalue weighted by molar-refractivity contribution is -0.274. The van der Waals surface area contributed by atoms with Crippen molar-refractivity contribution in [1.82, 2.24) is 9.55 Å². The van der Waals surface area contributed by atoms with E-state index in [4.69, 9.17) is 0 Å². The third-order valence-corrected chi connectivity index (χ3v) is 7.62. The van der Waals surface area contributed by atoms with E-state index < -0.39 is 18.0 Å². The number of amides is 2. The molecule has 1 fully saturated rings. The summed E-state index contributed by atoms with van der Waals surface area (Å²) in [5, 5.41) is 5.61. The summed E-state index contributed by atoms with van der Waals surface area (Å²) >= 11 is 0. The van der Waals surface area contributed by atoms with E-state index in [1.54, 1.807) is 42.5 Å². The fourth-order valence-electron chi connectivity index (χ4n) is 5.79. The number of piperidine rings is 1. The van der Waals surface area contributed by atoms with Gasteiger partial charge in [0, 0.05) is 66.5 Å². The predicted octanol–water partition coefficient (Wildman–Crippen LogP) is 5.27. The Kier molecular flexibility index (Phi) is 7.34. The second kappa shape index (κ2) is 11.3. The Balaban J connectivity index is 1.27. The van der Waals surface area contributed by atoms with Crippen LogP contribution in [-0.2, 0) is 6.54 Å². The van der Waals surface area contributed by atoms with Crippen molar-refractivity contribution in [3.05, 3.63) is 112 Å². The predicted molar refractivity (Wildman–Crippen MR) is 153 cm³/mol. The van der Waals surface area contributed by atoms with E-state index >= 15 is 0 Å². The first-order valence-corrected chi connectivity index (χ1v) is 13.6. The average molecular weight is 590 g/mol. The molecule has 9 nitrogen and oxygen atoms in total. The van der Waals surface area contributed by atoms with Crippen molar-refractivity contribution in [2.75, 3.05) is 28.6 Å². The lowest BCUT2D eigenvalue weighted by Gasteiger charge is -2.44. The van der Waals surface area contributed by atoms with Gasteiger partial charge in [0.1, 0.15) is 5.75 Å². The third-order valence-electron chi connectivity index (χ3n) is 7.62. The van der Waals surface area contributed by atoms with Gasteiger partial charge in [-0.2, -0.15) is 0 Å². The molecule has 0 saturated carbocycles. The summed E-state index contributed by atoms with van der Waals surface area (Å²) < 4.78 is 43.2. The Hall–Kier alpha value is -5.13. The molecule has 0 spiro atoms. The van der Waals surface area contributed by atoms with Gasteiger partial charge >= 0.3 is 6.36 Å². The van der Waals surface area contributed by atoms with Crippen molar-refractivity contribution in [2.24, 2.45) is 5.92 Å². The van der Waals surface area contributed by atoms with Gasteiger partial charge in [-0.15, -0.1) is 13.2 Å². The van der Waals surface area contributed by atoms with E-state index in [1.807, 2.05) is 10.6 Å². The molecule has 2 bridgehead atoms. The first kappa shape index (κ1) is 28.0. The summed E-state index contributed by atoms with van der Waals surface area (Å²) in [6, 6.07) is 18.3. The molecule has 4 heterocycles. The first-order valence-electron chi connectivity index (χ1n) is 13.6. The minimum absolute atomic E-state index is 0.0103. The number of anilines is 3. The van der Waals surface area contributed by atoms with E-state index in [0.717, 1.165) is 29.9 Å². The number of nitrogens with zero attached hydrogens (tertiary/aromatic N) is 3. The van der Waals surface area contributed by atoms with Crippen LogP contribution in [0.5, 0.6) is 5.75 Å². The SMILES string of the molecule is O=C(Nc1ccc(OC(F)(F)F)cc1)c1ccc(N2C[C@H]3C[C@@H](C2)c2cccc(=O)n2C3)c(NC(=O)c2ccncc2)c1. The normalized spacial score (nSPS) is 17.5. The molecule has 4 aromatic rings. The average Bonchev–Trinajstić information content (AvgIpc) is 2.98. The van der Waals surface area contributed by atoms with Crippen molar-refractivity contribution in [3.8, 4) is 5.75 Å². The van der Waals surface area contributed by atoms with Crippen LogP contribution in [0.2, 0.25) is 0 Å². The highest BCUT2D eigenvalue weighted by Crippen LogP contribution is 2.39. The van der Waals surface area contributed by atoms with Crippen LogP contribution in [0.25, 0.3) is 0 Å². The maximum absolute atomic E-state index is 13.2. The molecule has 2 aromatic heterocycles. The van der Waals surface area contributed by atoms with Crippen LogP contribution in [0.1, 0.15) is 38.7 Å². The molecular weight excluding hydrogens is 563 g/mol. The summed E-state index contributed by atoms with van der Waals surface area (Å²) in [5.41, 5.74) is 3.02. The largest absolute Gasteiger partial charge is 0.573 e. The molecule has 6 rings (SSSR count). The van der Waals surface area contributed by atoms with Gasteiger partial charge in [0.25, 0.3) is 17.4 Å². The maximum atomic E-state index is 13.2. The van der Waals surface area contributed by atoms with Crippen LogP contribution in [0.3, 0.4) is 0 Å².